The molecule has 18 heteroatoms. The number of piperazine rings is 2. The molecule has 56 heavy (non-hydrogen) atoms. The summed E-state index contributed by atoms with van der Waals surface area (Å²) in [4.78, 5) is 76.3. The van der Waals surface area contributed by atoms with E-state index in [1.165, 1.54) is 26.9 Å². The molecule has 8 rings (SSSR count). The molecule has 0 saturated carbocycles. The Balaban J connectivity index is 1.04. The third kappa shape index (κ3) is 7.43. The van der Waals surface area contributed by atoms with Crippen molar-refractivity contribution in [3.05, 3.63) is 89.3 Å². The van der Waals surface area contributed by atoms with E-state index >= 15 is 0 Å². The Labute approximate surface area is 324 Å². The average Bonchev–Trinajstić information content (AvgIpc) is 3.90. The zero-order chi connectivity index (χ0) is 38.9. The van der Waals surface area contributed by atoms with Gasteiger partial charge in [-0.1, -0.05) is 23.7 Å². The van der Waals surface area contributed by atoms with Gasteiger partial charge in [-0.05, 0) is 83.4 Å². The first-order chi connectivity index (χ1) is 27.1. The van der Waals surface area contributed by atoms with E-state index < -0.39 is 29.7 Å². The Kier molecular flexibility index (Phi) is 10.2. The number of aromatic carboxylic acids is 1. The molecule has 0 unspecified atom stereocenters. The number of amides is 4. The molecule has 3 aliphatic rings. The summed E-state index contributed by atoms with van der Waals surface area (Å²) in [5.74, 6) is -3.42. The number of tetrazole rings is 1. The number of carboxylic acid groups (broad SMARTS) is 1. The molecule has 0 bridgehead atoms. The van der Waals surface area contributed by atoms with Crippen LogP contribution in [0.15, 0.2) is 73.1 Å². The number of carbonyl (C=O) groups excluding carboxylic acids is 4. The second kappa shape index (κ2) is 15.5. The highest BCUT2D eigenvalue weighted by Gasteiger charge is 2.41. The lowest BCUT2D eigenvalue weighted by Crippen LogP contribution is -2.60. The smallest absolute Gasteiger partial charge is 0.352 e. The fraction of sp³-hybridized carbons (Fsp3) is 0.316. The molecule has 0 aliphatic carbocycles. The average molecular weight is 781 g/mol. The largest absolute Gasteiger partial charge is 0.477 e. The summed E-state index contributed by atoms with van der Waals surface area (Å²) in [5, 5.41) is 24.5. The lowest BCUT2D eigenvalue weighted by Gasteiger charge is -2.40. The molecule has 3 aromatic carbocycles. The Morgan fingerprint density at radius 3 is 2.43 bits per heavy atom. The van der Waals surface area contributed by atoms with Crippen molar-refractivity contribution in [2.24, 2.45) is 0 Å². The SMILES string of the molecule is O=C(O)c1cc2cc(NC(=O)[C@H](Cc3ccc(N4CCN(C5CCOCC5)CC4=O)cc3)N3CCN(c4cc(Cl)ccc4-n4cnnn4)C(=O)C3=O)ccc2[nH]1. The lowest BCUT2D eigenvalue weighted by molar-refractivity contribution is -0.149. The predicted molar refractivity (Wildman–Crippen MR) is 204 cm³/mol. The molecular formula is C38H37ClN10O7. The molecule has 17 nitrogen and oxygen atoms in total. The number of aromatic amines is 1. The monoisotopic (exact) mass is 780 g/mol. The molecule has 5 heterocycles. The number of aromatic nitrogens is 5. The summed E-state index contributed by atoms with van der Waals surface area (Å²) in [6.07, 6.45) is 3.24. The minimum absolute atomic E-state index is 0.00220. The van der Waals surface area contributed by atoms with E-state index in [2.05, 4.69) is 30.7 Å². The quantitative estimate of drug-likeness (QED) is 0.176. The Morgan fingerprint density at radius 1 is 0.911 bits per heavy atom. The van der Waals surface area contributed by atoms with Gasteiger partial charge < -0.3 is 34.8 Å². The zero-order valence-corrected chi connectivity index (χ0v) is 30.8. The minimum atomic E-state index is -1.13. The van der Waals surface area contributed by atoms with Crippen molar-refractivity contribution in [1.82, 2.24) is 35.0 Å². The van der Waals surface area contributed by atoms with E-state index in [-0.39, 0.29) is 31.1 Å². The number of rotatable bonds is 10. The molecule has 3 fully saturated rings. The highest BCUT2D eigenvalue weighted by atomic mass is 35.5. The van der Waals surface area contributed by atoms with Crippen molar-refractivity contribution < 1.29 is 33.8 Å². The third-order valence-corrected chi connectivity index (χ3v) is 10.7. The molecule has 0 radical (unpaired) electrons. The zero-order valence-electron chi connectivity index (χ0n) is 30.0. The number of anilines is 3. The Bertz CT molecular complexity index is 2310. The van der Waals surface area contributed by atoms with Crippen molar-refractivity contribution in [1.29, 1.82) is 0 Å². The number of ether oxygens (including phenoxy) is 1. The summed E-state index contributed by atoms with van der Waals surface area (Å²) in [5.41, 5.74) is 3.12. The molecule has 2 aromatic heterocycles. The Hall–Kier alpha value is -6.17. The number of hydrogen-bond donors (Lipinski definition) is 3. The van der Waals surface area contributed by atoms with E-state index in [1.54, 1.807) is 41.3 Å². The van der Waals surface area contributed by atoms with Crippen molar-refractivity contribution in [2.45, 2.75) is 31.3 Å². The second-order valence-electron chi connectivity index (χ2n) is 13.9. The molecule has 3 saturated heterocycles. The maximum absolute atomic E-state index is 14.2. The number of nitrogens with one attached hydrogen (secondary N) is 2. The van der Waals surface area contributed by atoms with Gasteiger partial charge in [-0.25, -0.2) is 4.79 Å². The summed E-state index contributed by atoms with van der Waals surface area (Å²) >= 11 is 6.32. The van der Waals surface area contributed by atoms with Crippen LogP contribution in [0.3, 0.4) is 0 Å². The first-order valence-electron chi connectivity index (χ1n) is 18.2. The normalized spacial score (nSPS) is 17.8. The van der Waals surface area contributed by atoms with E-state index in [0.717, 1.165) is 25.1 Å². The van der Waals surface area contributed by atoms with Gasteiger partial charge in [0.15, 0.2) is 0 Å². The van der Waals surface area contributed by atoms with Crippen molar-refractivity contribution in [2.75, 3.05) is 61.1 Å². The Morgan fingerprint density at radius 2 is 1.70 bits per heavy atom. The number of nitrogens with zero attached hydrogens (tertiary/aromatic N) is 8. The first kappa shape index (κ1) is 36.8. The summed E-state index contributed by atoms with van der Waals surface area (Å²) in [7, 11) is 0. The van der Waals surface area contributed by atoms with Gasteiger partial charge >= 0.3 is 17.8 Å². The van der Waals surface area contributed by atoms with Crippen LogP contribution in [0.25, 0.3) is 16.6 Å². The summed E-state index contributed by atoms with van der Waals surface area (Å²) in [6, 6.07) is 17.7. The van der Waals surface area contributed by atoms with Crippen LogP contribution in [-0.4, -0.2) is 128 Å². The van der Waals surface area contributed by atoms with Gasteiger partial charge in [0, 0.05) is 79.2 Å². The van der Waals surface area contributed by atoms with Gasteiger partial charge in [-0.15, -0.1) is 5.10 Å². The van der Waals surface area contributed by atoms with Crippen LogP contribution in [0.4, 0.5) is 17.1 Å². The molecule has 5 aromatic rings. The van der Waals surface area contributed by atoms with Crippen LogP contribution >= 0.6 is 11.6 Å². The molecule has 1 atom stereocenters. The van der Waals surface area contributed by atoms with Crippen LogP contribution in [0.2, 0.25) is 5.02 Å². The summed E-state index contributed by atoms with van der Waals surface area (Å²) in [6.45, 7) is 3.08. The fourth-order valence-electron chi connectivity index (χ4n) is 7.61. The molecule has 0 spiro atoms. The van der Waals surface area contributed by atoms with E-state index in [4.69, 9.17) is 16.3 Å². The van der Waals surface area contributed by atoms with Crippen LogP contribution in [-0.2, 0) is 30.3 Å². The van der Waals surface area contributed by atoms with Crippen LogP contribution < -0.4 is 15.1 Å². The van der Waals surface area contributed by atoms with Gasteiger partial charge in [0.05, 0.1) is 17.9 Å². The number of H-pyrrole nitrogens is 1. The molecular weight excluding hydrogens is 744 g/mol. The minimum Gasteiger partial charge on any atom is -0.477 e. The van der Waals surface area contributed by atoms with E-state index in [1.807, 2.05) is 24.3 Å². The van der Waals surface area contributed by atoms with Gasteiger partial charge in [0.2, 0.25) is 11.8 Å². The highest BCUT2D eigenvalue weighted by molar-refractivity contribution is 6.41. The van der Waals surface area contributed by atoms with Gasteiger partial charge in [-0.2, -0.15) is 4.68 Å². The van der Waals surface area contributed by atoms with Gasteiger partial charge in [0.1, 0.15) is 18.1 Å². The van der Waals surface area contributed by atoms with Crippen LogP contribution in [0.5, 0.6) is 0 Å². The third-order valence-electron chi connectivity index (χ3n) is 10.5. The van der Waals surface area contributed by atoms with Crippen molar-refractivity contribution in [3.63, 3.8) is 0 Å². The number of carbonyl (C=O) groups is 5. The summed E-state index contributed by atoms with van der Waals surface area (Å²) < 4.78 is 6.85. The molecule has 3 aliphatic heterocycles. The standard InChI is InChI=1S/C38H37ClN10O7/c39-25-3-8-31(49-22-40-43-44-49)32(20-25)47-13-14-48(37(53)36(47)52)33(35(51)41-26-4-7-29-24(18-26)19-30(42-29)38(54)55)17-23-1-5-28(6-2-23)46-12-11-45(21-34(46)50)27-9-15-56-16-10-27/h1-8,18-20,22,27,33,42H,9-17,21H2,(H,41,51)(H,54,55)/t33-/m0/s1. The van der Waals surface area contributed by atoms with Gasteiger partial charge in [0.25, 0.3) is 0 Å². The maximum Gasteiger partial charge on any atom is 0.352 e. The van der Waals surface area contributed by atoms with E-state index in [9.17, 15) is 29.1 Å². The van der Waals surface area contributed by atoms with Gasteiger partial charge in [-0.3, -0.25) is 24.1 Å². The fourth-order valence-corrected chi connectivity index (χ4v) is 7.78. The number of benzene rings is 3. The first-order valence-corrected chi connectivity index (χ1v) is 18.5. The maximum atomic E-state index is 14.2. The topological polar surface area (TPSA) is 199 Å². The molecule has 3 N–H and O–H groups in total. The van der Waals surface area contributed by atoms with Crippen LogP contribution in [0, 0.1) is 0 Å². The molecule has 4 amide bonds. The number of carboxylic acids is 1. The van der Waals surface area contributed by atoms with Crippen molar-refractivity contribution >= 4 is 69.2 Å². The highest BCUT2D eigenvalue weighted by Crippen LogP contribution is 2.31. The molecule has 288 valence electrons. The van der Waals surface area contributed by atoms with Crippen molar-refractivity contribution in [3.8, 4) is 5.69 Å². The lowest BCUT2D eigenvalue weighted by atomic mass is 10.0. The van der Waals surface area contributed by atoms with Crippen LogP contribution in [0.1, 0.15) is 28.9 Å². The number of hydrogen-bond acceptors (Lipinski definition) is 10. The number of fused-ring (bicyclic) bond motifs is 1. The number of halogens is 1. The second-order valence-corrected chi connectivity index (χ2v) is 14.3. The van der Waals surface area contributed by atoms with E-state index in [0.29, 0.717) is 70.9 Å². The predicted octanol–water partition coefficient (Wildman–Crippen LogP) is 2.75.